The van der Waals surface area contributed by atoms with Crippen LogP contribution in [0.3, 0.4) is 0 Å². The fourth-order valence-corrected chi connectivity index (χ4v) is 2.32. The standard InChI is InChI=1S/C18H15NO4/c1-11-7-15-14(9-17(20)23-16(15)8-12(11)2)10-22-18(21)13-3-5-19-6-4-13/h3-9H,10H2,1-2H3. The predicted octanol–water partition coefficient (Wildman–Crippen LogP) is 3.16. The number of fused-ring (bicyclic) bond motifs is 1. The second-order valence-corrected chi connectivity index (χ2v) is 5.34. The zero-order valence-corrected chi connectivity index (χ0v) is 12.8. The van der Waals surface area contributed by atoms with E-state index in [1.54, 1.807) is 12.1 Å². The summed E-state index contributed by atoms with van der Waals surface area (Å²) in [5.74, 6) is -0.461. The number of hydrogen-bond donors (Lipinski definition) is 0. The molecule has 0 aliphatic heterocycles. The van der Waals surface area contributed by atoms with Gasteiger partial charge >= 0.3 is 11.6 Å². The van der Waals surface area contributed by atoms with Gasteiger partial charge in [0.05, 0.1) is 5.56 Å². The fraction of sp³-hybridized carbons (Fsp3) is 0.167. The first-order valence-corrected chi connectivity index (χ1v) is 7.16. The van der Waals surface area contributed by atoms with E-state index in [1.165, 1.54) is 18.5 Å². The van der Waals surface area contributed by atoms with Crippen LogP contribution in [0.2, 0.25) is 0 Å². The van der Waals surface area contributed by atoms with E-state index < -0.39 is 11.6 Å². The van der Waals surface area contributed by atoms with E-state index in [1.807, 2.05) is 26.0 Å². The van der Waals surface area contributed by atoms with Crippen molar-refractivity contribution in [1.29, 1.82) is 0 Å². The molecule has 0 bridgehead atoms. The highest BCUT2D eigenvalue weighted by Crippen LogP contribution is 2.22. The number of rotatable bonds is 3. The smallest absolute Gasteiger partial charge is 0.338 e. The quantitative estimate of drug-likeness (QED) is 0.549. The molecule has 0 aliphatic rings. The number of aryl methyl sites for hydroxylation is 2. The summed E-state index contributed by atoms with van der Waals surface area (Å²) in [6, 6.07) is 8.26. The maximum absolute atomic E-state index is 12.0. The molecule has 2 heterocycles. The minimum Gasteiger partial charge on any atom is -0.457 e. The largest absolute Gasteiger partial charge is 0.457 e. The van der Waals surface area contributed by atoms with Crippen LogP contribution in [0.1, 0.15) is 27.0 Å². The Balaban J connectivity index is 1.92. The summed E-state index contributed by atoms with van der Waals surface area (Å²) in [6.45, 7) is 3.93. The van der Waals surface area contributed by atoms with E-state index in [-0.39, 0.29) is 6.61 Å². The summed E-state index contributed by atoms with van der Waals surface area (Å²) in [7, 11) is 0. The normalized spacial score (nSPS) is 10.7. The van der Waals surface area contributed by atoms with Crippen molar-refractivity contribution < 1.29 is 13.9 Å². The molecular weight excluding hydrogens is 294 g/mol. The van der Waals surface area contributed by atoms with Gasteiger partial charge < -0.3 is 9.15 Å². The Morgan fingerprint density at radius 3 is 2.57 bits per heavy atom. The van der Waals surface area contributed by atoms with E-state index >= 15 is 0 Å². The summed E-state index contributed by atoms with van der Waals surface area (Å²) in [5.41, 5.74) is 3.19. The van der Waals surface area contributed by atoms with Gasteiger partial charge in [0.2, 0.25) is 0 Å². The van der Waals surface area contributed by atoms with Gasteiger partial charge in [-0.3, -0.25) is 4.98 Å². The van der Waals surface area contributed by atoms with Gasteiger partial charge in [-0.15, -0.1) is 0 Å². The predicted molar refractivity (Wildman–Crippen MR) is 85.3 cm³/mol. The molecule has 0 fully saturated rings. The Morgan fingerprint density at radius 1 is 1.13 bits per heavy atom. The Hall–Kier alpha value is -2.95. The van der Waals surface area contributed by atoms with Crippen molar-refractivity contribution in [3.63, 3.8) is 0 Å². The second-order valence-electron chi connectivity index (χ2n) is 5.34. The fourth-order valence-electron chi connectivity index (χ4n) is 2.32. The van der Waals surface area contributed by atoms with Crippen LogP contribution in [-0.4, -0.2) is 11.0 Å². The highest BCUT2D eigenvalue weighted by Gasteiger charge is 2.11. The molecule has 0 saturated carbocycles. The van der Waals surface area contributed by atoms with Crippen LogP contribution < -0.4 is 5.63 Å². The van der Waals surface area contributed by atoms with Crippen LogP contribution in [0.4, 0.5) is 0 Å². The number of esters is 1. The van der Waals surface area contributed by atoms with Crippen LogP contribution in [0.5, 0.6) is 0 Å². The Morgan fingerprint density at radius 2 is 1.83 bits per heavy atom. The Bertz CT molecular complexity index is 929. The molecule has 0 spiro atoms. The van der Waals surface area contributed by atoms with Crippen molar-refractivity contribution in [2.75, 3.05) is 0 Å². The Kier molecular flexibility index (Phi) is 3.93. The minimum absolute atomic E-state index is 0.00571. The maximum Gasteiger partial charge on any atom is 0.338 e. The van der Waals surface area contributed by atoms with Crippen molar-refractivity contribution >= 4 is 16.9 Å². The highest BCUT2D eigenvalue weighted by molar-refractivity contribution is 5.89. The second kappa shape index (κ2) is 6.04. The van der Waals surface area contributed by atoms with Crippen molar-refractivity contribution in [1.82, 2.24) is 4.98 Å². The number of aromatic nitrogens is 1. The molecule has 0 atom stereocenters. The molecule has 0 N–H and O–H groups in total. The molecule has 1 aromatic carbocycles. The lowest BCUT2D eigenvalue weighted by atomic mass is 10.0. The molecule has 23 heavy (non-hydrogen) atoms. The molecule has 0 amide bonds. The number of carbonyl (C=O) groups is 1. The zero-order valence-electron chi connectivity index (χ0n) is 12.8. The van der Waals surface area contributed by atoms with Gasteiger partial charge in [-0.25, -0.2) is 9.59 Å². The average molecular weight is 309 g/mol. The van der Waals surface area contributed by atoms with Crippen LogP contribution in [0.25, 0.3) is 11.0 Å². The van der Waals surface area contributed by atoms with E-state index in [9.17, 15) is 9.59 Å². The summed E-state index contributed by atoms with van der Waals surface area (Å²) < 4.78 is 10.5. The molecule has 2 aromatic heterocycles. The van der Waals surface area contributed by atoms with Gasteiger partial charge in [0.25, 0.3) is 0 Å². The van der Waals surface area contributed by atoms with Crippen LogP contribution >= 0.6 is 0 Å². The maximum atomic E-state index is 12.0. The minimum atomic E-state index is -0.462. The zero-order chi connectivity index (χ0) is 16.4. The summed E-state index contributed by atoms with van der Waals surface area (Å²) >= 11 is 0. The van der Waals surface area contributed by atoms with E-state index in [0.717, 1.165) is 16.5 Å². The van der Waals surface area contributed by atoms with Gasteiger partial charge in [0, 0.05) is 29.4 Å². The van der Waals surface area contributed by atoms with Gasteiger partial charge in [-0.1, -0.05) is 0 Å². The molecule has 5 heteroatoms. The third-order valence-electron chi connectivity index (χ3n) is 3.72. The van der Waals surface area contributed by atoms with E-state index in [4.69, 9.17) is 9.15 Å². The number of pyridine rings is 1. The number of nitrogens with zero attached hydrogens (tertiary/aromatic N) is 1. The molecule has 0 saturated heterocycles. The SMILES string of the molecule is Cc1cc2oc(=O)cc(COC(=O)c3ccncc3)c2cc1C. The van der Waals surface area contributed by atoms with Gasteiger partial charge in [-0.2, -0.15) is 0 Å². The molecule has 0 radical (unpaired) electrons. The molecule has 5 nitrogen and oxygen atoms in total. The topological polar surface area (TPSA) is 69.4 Å². The first-order valence-electron chi connectivity index (χ1n) is 7.16. The number of ether oxygens (including phenoxy) is 1. The number of hydrogen-bond acceptors (Lipinski definition) is 5. The van der Waals surface area contributed by atoms with Crippen LogP contribution in [-0.2, 0) is 11.3 Å². The summed E-state index contributed by atoms with van der Waals surface area (Å²) in [6.07, 6.45) is 3.05. The Labute approximate surface area is 132 Å². The third kappa shape index (κ3) is 3.13. The van der Waals surface area contributed by atoms with Crippen molar-refractivity contribution in [3.8, 4) is 0 Å². The highest BCUT2D eigenvalue weighted by atomic mass is 16.5. The summed E-state index contributed by atoms with van der Waals surface area (Å²) in [4.78, 5) is 27.6. The average Bonchev–Trinajstić information content (AvgIpc) is 2.55. The lowest BCUT2D eigenvalue weighted by Gasteiger charge is -2.09. The third-order valence-corrected chi connectivity index (χ3v) is 3.72. The number of benzene rings is 1. The molecule has 3 aromatic rings. The molecule has 0 aliphatic carbocycles. The molecule has 116 valence electrons. The molecular formula is C18H15NO4. The van der Waals surface area contributed by atoms with Crippen LogP contribution in [0, 0.1) is 13.8 Å². The first kappa shape index (κ1) is 15.0. The number of carbonyl (C=O) groups excluding carboxylic acids is 1. The monoisotopic (exact) mass is 309 g/mol. The first-order chi connectivity index (χ1) is 11.0. The molecule has 3 rings (SSSR count). The molecule has 0 unspecified atom stereocenters. The van der Waals surface area contributed by atoms with Crippen molar-refractivity contribution in [2.45, 2.75) is 20.5 Å². The lowest BCUT2D eigenvalue weighted by molar-refractivity contribution is 0.0473. The van der Waals surface area contributed by atoms with Gasteiger partial charge in [0.1, 0.15) is 12.2 Å². The lowest BCUT2D eigenvalue weighted by Crippen LogP contribution is -2.08. The van der Waals surface area contributed by atoms with E-state index in [2.05, 4.69) is 4.98 Å². The van der Waals surface area contributed by atoms with Crippen molar-refractivity contribution in [2.24, 2.45) is 0 Å². The van der Waals surface area contributed by atoms with E-state index in [0.29, 0.717) is 16.7 Å². The van der Waals surface area contributed by atoms with Crippen LogP contribution in [0.15, 0.2) is 51.9 Å². The van der Waals surface area contributed by atoms with Gasteiger partial charge in [-0.05, 0) is 49.2 Å². The van der Waals surface area contributed by atoms with Crippen molar-refractivity contribution in [3.05, 3.63) is 75.4 Å². The van der Waals surface area contributed by atoms with Gasteiger partial charge in [0.15, 0.2) is 0 Å². The summed E-state index contributed by atoms with van der Waals surface area (Å²) in [5, 5.41) is 0.773.